The Labute approximate surface area is 125 Å². The monoisotopic (exact) mass is 281 g/mol. The molecule has 1 atom stereocenters. The molecule has 2 N–H and O–H groups in total. The van der Waals surface area contributed by atoms with Crippen LogP contribution in [-0.4, -0.2) is 16.7 Å². The number of rotatable bonds is 1. The summed E-state index contributed by atoms with van der Waals surface area (Å²) >= 11 is 0. The van der Waals surface area contributed by atoms with Crippen LogP contribution in [0.1, 0.15) is 80.6 Å². The van der Waals surface area contributed by atoms with E-state index in [0.29, 0.717) is 11.3 Å². The van der Waals surface area contributed by atoms with Crippen LogP contribution >= 0.6 is 0 Å². The van der Waals surface area contributed by atoms with Gasteiger partial charge in [0.2, 0.25) is 0 Å². The predicted molar refractivity (Wildman–Crippen MR) is 85.7 cm³/mol. The molecule has 0 amide bonds. The van der Waals surface area contributed by atoms with E-state index in [9.17, 15) is 0 Å². The van der Waals surface area contributed by atoms with Crippen LogP contribution in [0, 0.1) is 17.3 Å². The molecule has 1 heterocycles. The molecule has 1 unspecified atom stereocenters. The Hall–Kier alpha value is -0.0800. The lowest BCUT2D eigenvalue weighted by molar-refractivity contribution is -0.0854. The largest absolute Gasteiger partial charge is 0.369 e. The lowest BCUT2D eigenvalue weighted by Gasteiger charge is -2.48. The Kier molecular flexibility index (Phi) is 3.84. The van der Waals surface area contributed by atoms with E-state index in [4.69, 9.17) is 10.5 Å². The highest BCUT2D eigenvalue weighted by Crippen LogP contribution is 2.52. The van der Waals surface area contributed by atoms with Crippen molar-refractivity contribution in [1.82, 2.24) is 0 Å². The minimum Gasteiger partial charge on any atom is -0.369 e. The summed E-state index contributed by atoms with van der Waals surface area (Å²) in [7, 11) is 0. The van der Waals surface area contributed by atoms with Crippen LogP contribution in [0.25, 0.3) is 0 Å². The molecule has 1 aliphatic heterocycles. The van der Waals surface area contributed by atoms with Crippen LogP contribution in [0.2, 0.25) is 0 Å². The van der Waals surface area contributed by atoms with E-state index in [1.807, 2.05) is 0 Å². The smallest absolute Gasteiger partial charge is 0.0680 e. The van der Waals surface area contributed by atoms with Crippen molar-refractivity contribution in [1.29, 1.82) is 0 Å². The Morgan fingerprint density at radius 2 is 1.50 bits per heavy atom. The molecule has 1 saturated heterocycles. The van der Waals surface area contributed by atoms with Crippen LogP contribution in [0.3, 0.4) is 0 Å². The molecule has 1 saturated carbocycles. The molecule has 0 aromatic rings. The van der Waals surface area contributed by atoms with E-state index in [2.05, 4.69) is 48.5 Å². The van der Waals surface area contributed by atoms with Gasteiger partial charge in [-0.05, 0) is 71.1 Å². The summed E-state index contributed by atoms with van der Waals surface area (Å²) in [6, 6.07) is 0. The van der Waals surface area contributed by atoms with Crippen molar-refractivity contribution >= 4 is 0 Å². The summed E-state index contributed by atoms with van der Waals surface area (Å²) < 4.78 is 6.28. The first-order chi connectivity index (χ1) is 8.86. The Morgan fingerprint density at radius 3 is 1.85 bits per heavy atom. The van der Waals surface area contributed by atoms with Gasteiger partial charge in [-0.25, -0.2) is 0 Å². The van der Waals surface area contributed by atoms with Crippen LogP contribution in [0.5, 0.6) is 0 Å². The Morgan fingerprint density at radius 1 is 1.00 bits per heavy atom. The first kappa shape index (κ1) is 16.3. The predicted octanol–water partition coefficient (Wildman–Crippen LogP) is 4.51. The van der Waals surface area contributed by atoms with E-state index in [1.165, 1.54) is 12.8 Å². The highest BCUT2D eigenvalue weighted by atomic mass is 16.5. The third-order valence-corrected chi connectivity index (χ3v) is 5.91. The van der Waals surface area contributed by atoms with Crippen molar-refractivity contribution in [3.8, 4) is 0 Å². The van der Waals surface area contributed by atoms with Gasteiger partial charge in [-0.1, -0.05) is 20.8 Å². The zero-order valence-electron chi connectivity index (χ0n) is 14.7. The normalized spacial score (nSPS) is 40.8. The molecule has 2 rings (SSSR count). The van der Waals surface area contributed by atoms with Crippen molar-refractivity contribution in [3.63, 3.8) is 0 Å². The van der Waals surface area contributed by atoms with Crippen LogP contribution in [0.4, 0.5) is 0 Å². The highest BCUT2D eigenvalue weighted by molar-refractivity contribution is 5.08. The number of hydrogen-bond donors (Lipinski definition) is 1. The topological polar surface area (TPSA) is 35.2 Å². The molecule has 0 radical (unpaired) electrons. The third-order valence-electron chi connectivity index (χ3n) is 5.91. The summed E-state index contributed by atoms with van der Waals surface area (Å²) in [6.45, 7) is 16.0. The minimum atomic E-state index is -0.0905. The van der Waals surface area contributed by atoms with Gasteiger partial charge in [0.1, 0.15) is 0 Å². The van der Waals surface area contributed by atoms with Crippen molar-refractivity contribution in [2.75, 3.05) is 0 Å². The van der Waals surface area contributed by atoms with Crippen LogP contribution < -0.4 is 5.73 Å². The lowest BCUT2D eigenvalue weighted by atomic mass is 9.61. The van der Waals surface area contributed by atoms with E-state index in [0.717, 1.165) is 25.2 Å². The molecule has 118 valence electrons. The fourth-order valence-corrected chi connectivity index (χ4v) is 4.83. The van der Waals surface area contributed by atoms with Gasteiger partial charge < -0.3 is 10.5 Å². The van der Waals surface area contributed by atoms with Crippen LogP contribution in [-0.2, 0) is 4.74 Å². The second-order valence-corrected chi connectivity index (χ2v) is 9.60. The second-order valence-electron chi connectivity index (χ2n) is 9.60. The van der Waals surface area contributed by atoms with Gasteiger partial charge in [0.25, 0.3) is 0 Å². The fourth-order valence-electron chi connectivity index (χ4n) is 4.83. The number of hydrogen-bond acceptors (Lipinski definition) is 2. The van der Waals surface area contributed by atoms with E-state index >= 15 is 0 Å². The molecule has 0 aromatic carbocycles. The van der Waals surface area contributed by atoms with Crippen molar-refractivity contribution < 1.29 is 4.74 Å². The minimum absolute atomic E-state index is 0.0264. The molecule has 2 heteroatoms. The maximum absolute atomic E-state index is 6.89. The molecule has 0 aromatic heterocycles. The SMILES string of the molecule is CC1(C)CC(C2(N)CCC(C(C)(C)C)CC2)C(C)(C)O1. The maximum atomic E-state index is 6.89. The highest BCUT2D eigenvalue weighted by Gasteiger charge is 2.54. The first-order valence-electron chi connectivity index (χ1n) is 8.35. The molecule has 2 aliphatic rings. The van der Waals surface area contributed by atoms with Gasteiger partial charge in [0, 0.05) is 11.5 Å². The average Bonchev–Trinajstić information content (AvgIpc) is 2.46. The molecular formula is C18H35NO. The standard InChI is InChI=1S/C18H35NO/c1-15(2,3)13-8-10-18(19,11-9-13)14-12-16(4,5)20-17(14,6)7/h13-14H,8-12,19H2,1-7H3. The molecule has 2 fully saturated rings. The van der Waals surface area contributed by atoms with Gasteiger partial charge in [-0.3, -0.25) is 0 Å². The molecular weight excluding hydrogens is 246 g/mol. The zero-order valence-corrected chi connectivity index (χ0v) is 14.7. The Bertz CT molecular complexity index is 356. The third kappa shape index (κ3) is 3.06. The Balaban J connectivity index is 2.10. The fraction of sp³-hybridized carbons (Fsp3) is 1.00. The molecule has 0 spiro atoms. The van der Waals surface area contributed by atoms with E-state index in [-0.39, 0.29) is 16.7 Å². The summed E-state index contributed by atoms with van der Waals surface area (Å²) in [5.74, 6) is 1.29. The van der Waals surface area contributed by atoms with Gasteiger partial charge in [-0.2, -0.15) is 0 Å². The summed E-state index contributed by atoms with van der Waals surface area (Å²) in [6.07, 6.45) is 5.95. The summed E-state index contributed by atoms with van der Waals surface area (Å²) in [4.78, 5) is 0. The molecule has 20 heavy (non-hydrogen) atoms. The quantitative estimate of drug-likeness (QED) is 0.767. The van der Waals surface area contributed by atoms with E-state index in [1.54, 1.807) is 0 Å². The lowest BCUT2D eigenvalue weighted by Crippen LogP contribution is -2.55. The molecule has 1 aliphatic carbocycles. The van der Waals surface area contributed by atoms with Gasteiger partial charge in [0.15, 0.2) is 0 Å². The molecule has 2 nitrogen and oxygen atoms in total. The number of ether oxygens (including phenoxy) is 1. The maximum Gasteiger partial charge on any atom is 0.0680 e. The average molecular weight is 281 g/mol. The van der Waals surface area contributed by atoms with Gasteiger partial charge in [0.05, 0.1) is 11.2 Å². The second kappa shape index (κ2) is 4.71. The molecule has 0 bridgehead atoms. The zero-order chi connectivity index (χ0) is 15.4. The van der Waals surface area contributed by atoms with Crippen LogP contribution in [0.15, 0.2) is 0 Å². The van der Waals surface area contributed by atoms with Crippen molar-refractivity contribution in [2.24, 2.45) is 23.0 Å². The summed E-state index contributed by atoms with van der Waals surface area (Å²) in [5.41, 5.74) is 7.16. The summed E-state index contributed by atoms with van der Waals surface area (Å²) in [5, 5.41) is 0. The number of nitrogens with two attached hydrogens (primary N) is 1. The van der Waals surface area contributed by atoms with E-state index < -0.39 is 0 Å². The van der Waals surface area contributed by atoms with Gasteiger partial charge in [-0.15, -0.1) is 0 Å². The first-order valence-corrected chi connectivity index (χ1v) is 8.35. The van der Waals surface area contributed by atoms with Gasteiger partial charge >= 0.3 is 0 Å². The van der Waals surface area contributed by atoms with Crippen molar-refractivity contribution in [2.45, 2.75) is 97.3 Å². The van der Waals surface area contributed by atoms with Crippen molar-refractivity contribution in [3.05, 3.63) is 0 Å².